The van der Waals surface area contributed by atoms with Crippen molar-refractivity contribution in [3.8, 4) is 5.75 Å². The molecule has 8 rings (SSSR count). The van der Waals surface area contributed by atoms with Gasteiger partial charge in [-0.1, -0.05) is 60.7 Å². The van der Waals surface area contributed by atoms with E-state index in [2.05, 4.69) is 49.4 Å². The van der Waals surface area contributed by atoms with Crippen LogP contribution < -0.4 is 9.64 Å². The molecule has 0 unspecified atom stereocenters. The third-order valence-corrected chi connectivity index (χ3v) is 8.79. The highest BCUT2D eigenvalue weighted by molar-refractivity contribution is 6.25. The molecule has 0 saturated carbocycles. The second-order valence-electron chi connectivity index (χ2n) is 10.8. The number of carbonyl (C=O) groups is 2. The molecular weight excluding hydrogens is 484 g/mol. The fourth-order valence-electron chi connectivity index (χ4n) is 7.07. The standard InChI is InChI=1S/C34H28N2O3/c1-20-12-13-21(2)28(18-20)35-19-34-26-10-6-4-8-24(26)29(25-9-5-7-11-27(25)34)30-31(34)33(38)36(32(30)37)22-14-16-23(39-3)17-15-22/h4-19,29-31H,1-3H3/t29?,30-,31+,34?/m1/s1. The van der Waals surface area contributed by atoms with E-state index in [4.69, 9.17) is 9.73 Å². The first-order chi connectivity index (χ1) is 19.0. The molecule has 192 valence electrons. The van der Waals surface area contributed by atoms with Crippen molar-refractivity contribution in [2.45, 2.75) is 25.2 Å². The molecule has 2 atom stereocenters. The fraction of sp³-hybridized carbons (Fsp3) is 0.206. The van der Waals surface area contributed by atoms with Crippen LogP contribution in [0, 0.1) is 25.7 Å². The number of methoxy groups -OCH3 is 1. The lowest BCUT2D eigenvalue weighted by Crippen LogP contribution is -2.54. The Morgan fingerprint density at radius 1 is 0.821 bits per heavy atom. The molecule has 1 fully saturated rings. The van der Waals surface area contributed by atoms with Gasteiger partial charge in [-0.15, -0.1) is 0 Å². The van der Waals surface area contributed by atoms with Crippen LogP contribution in [0.15, 0.2) is 96.0 Å². The number of hydrogen-bond acceptors (Lipinski definition) is 4. The summed E-state index contributed by atoms with van der Waals surface area (Å²) in [5.41, 5.74) is 7.05. The molecular formula is C34H28N2O3. The van der Waals surface area contributed by atoms with E-state index in [0.29, 0.717) is 11.4 Å². The van der Waals surface area contributed by atoms with Gasteiger partial charge in [-0.3, -0.25) is 14.6 Å². The summed E-state index contributed by atoms with van der Waals surface area (Å²) >= 11 is 0. The Hall–Kier alpha value is -4.51. The van der Waals surface area contributed by atoms with Crippen molar-refractivity contribution in [1.82, 2.24) is 0 Å². The van der Waals surface area contributed by atoms with Crippen molar-refractivity contribution in [1.29, 1.82) is 0 Å². The van der Waals surface area contributed by atoms with Gasteiger partial charge in [-0.25, -0.2) is 4.90 Å². The maximum absolute atomic E-state index is 14.5. The van der Waals surface area contributed by atoms with Gasteiger partial charge in [0.25, 0.3) is 0 Å². The summed E-state index contributed by atoms with van der Waals surface area (Å²) in [5.74, 6) is -0.985. The number of aliphatic imine (C=N–C) groups is 1. The highest BCUT2D eigenvalue weighted by atomic mass is 16.5. The second kappa shape index (κ2) is 8.50. The van der Waals surface area contributed by atoms with Gasteiger partial charge in [0.1, 0.15) is 5.75 Å². The molecule has 5 nitrogen and oxygen atoms in total. The van der Waals surface area contributed by atoms with Gasteiger partial charge in [-0.2, -0.15) is 0 Å². The summed E-state index contributed by atoms with van der Waals surface area (Å²) in [6.45, 7) is 4.09. The van der Waals surface area contributed by atoms with Gasteiger partial charge in [0.15, 0.2) is 0 Å². The molecule has 4 aliphatic rings. The van der Waals surface area contributed by atoms with E-state index < -0.39 is 17.3 Å². The summed E-state index contributed by atoms with van der Waals surface area (Å²) in [5, 5.41) is 0. The Morgan fingerprint density at radius 3 is 2.10 bits per heavy atom. The smallest absolute Gasteiger partial charge is 0.239 e. The van der Waals surface area contributed by atoms with E-state index >= 15 is 0 Å². The predicted molar refractivity (Wildman–Crippen MR) is 152 cm³/mol. The molecule has 1 aliphatic heterocycles. The van der Waals surface area contributed by atoms with Crippen LogP contribution in [0.4, 0.5) is 11.4 Å². The summed E-state index contributed by atoms with van der Waals surface area (Å²) < 4.78 is 5.31. The number of imide groups is 1. The largest absolute Gasteiger partial charge is 0.497 e. The lowest BCUT2D eigenvalue weighted by Gasteiger charge is -2.52. The van der Waals surface area contributed by atoms with Crippen LogP contribution in [-0.2, 0) is 15.0 Å². The van der Waals surface area contributed by atoms with Crippen molar-refractivity contribution in [3.63, 3.8) is 0 Å². The van der Waals surface area contributed by atoms with E-state index in [9.17, 15) is 9.59 Å². The minimum atomic E-state index is -0.878. The summed E-state index contributed by atoms with van der Waals surface area (Å²) in [4.78, 5) is 35.2. The number of hydrogen-bond donors (Lipinski definition) is 0. The Balaban J connectivity index is 1.49. The zero-order valence-corrected chi connectivity index (χ0v) is 22.1. The number of rotatable bonds is 4. The first-order valence-corrected chi connectivity index (χ1v) is 13.3. The third kappa shape index (κ3) is 3.16. The Morgan fingerprint density at radius 2 is 1.46 bits per heavy atom. The minimum absolute atomic E-state index is 0.159. The maximum Gasteiger partial charge on any atom is 0.239 e. The number of ether oxygens (including phenoxy) is 1. The molecule has 0 radical (unpaired) electrons. The third-order valence-electron chi connectivity index (χ3n) is 8.79. The van der Waals surface area contributed by atoms with Crippen LogP contribution >= 0.6 is 0 Å². The molecule has 4 aromatic carbocycles. The summed E-state index contributed by atoms with van der Waals surface area (Å²) in [6.07, 6.45) is 1.96. The van der Waals surface area contributed by atoms with Crippen LogP contribution in [0.5, 0.6) is 5.75 Å². The first-order valence-electron chi connectivity index (χ1n) is 13.3. The van der Waals surface area contributed by atoms with Crippen molar-refractivity contribution in [2.75, 3.05) is 12.0 Å². The maximum atomic E-state index is 14.5. The number of anilines is 1. The lowest BCUT2D eigenvalue weighted by atomic mass is 9.47. The van der Waals surface area contributed by atoms with Gasteiger partial charge in [0.05, 0.1) is 35.7 Å². The number of aryl methyl sites for hydroxylation is 2. The van der Waals surface area contributed by atoms with E-state index in [1.807, 2.05) is 37.4 Å². The van der Waals surface area contributed by atoms with Crippen molar-refractivity contribution in [3.05, 3.63) is 124 Å². The average molecular weight is 513 g/mol. The van der Waals surface area contributed by atoms with Crippen LogP contribution in [0.1, 0.15) is 39.3 Å². The molecule has 3 aliphatic carbocycles. The normalized spacial score (nSPS) is 24.6. The van der Waals surface area contributed by atoms with Crippen molar-refractivity contribution >= 4 is 29.4 Å². The topological polar surface area (TPSA) is 59.0 Å². The van der Waals surface area contributed by atoms with Crippen molar-refractivity contribution in [2.24, 2.45) is 16.8 Å². The number of benzene rings is 4. The molecule has 4 aromatic rings. The monoisotopic (exact) mass is 512 g/mol. The SMILES string of the molecule is COc1ccc(N2C(=O)[C@@H]3C4c5ccccc5C(C=Nc5cc(C)ccc5C)(c5ccccc54)[C@@H]3C2=O)cc1. The Bertz CT molecular complexity index is 1640. The lowest BCUT2D eigenvalue weighted by molar-refractivity contribution is -0.122. The van der Waals surface area contributed by atoms with Crippen molar-refractivity contribution < 1.29 is 14.3 Å². The van der Waals surface area contributed by atoms with Gasteiger partial charge < -0.3 is 4.74 Å². The molecule has 0 N–H and O–H groups in total. The zero-order valence-electron chi connectivity index (χ0n) is 22.1. The van der Waals surface area contributed by atoms with E-state index in [1.54, 1.807) is 31.4 Å². The molecule has 0 aromatic heterocycles. The molecule has 5 heteroatoms. The van der Waals surface area contributed by atoms with Gasteiger partial charge in [0, 0.05) is 12.1 Å². The van der Waals surface area contributed by atoms with Crippen LogP contribution in [0.2, 0.25) is 0 Å². The molecule has 0 spiro atoms. The molecule has 1 heterocycles. The predicted octanol–water partition coefficient (Wildman–Crippen LogP) is 6.27. The van der Waals surface area contributed by atoms with Gasteiger partial charge in [0.2, 0.25) is 11.8 Å². The van der Waals surface area contributed by atoms with E-state index in [0.717, 1.165) is 39.1 Å². The molecule has 2 amide bonds. The summed E-state index contributed by atoms with van der Waals surface area (Å²) in [7, 11) is 1.60. The Labute approximate surface area is 227 Å². The van der Waals surface area contributed by atoms with Crippen LogP contribution in [0.3, 0.4) is 0 Å². The average Bonchev–Trinajstić information content (AvgIpc) is 3.24. The van der Waals surface area contributed by atoms with Crippen LogP contribution in [-0.4, -0.2) is 25.1 Å². The number of amides is 2. The highest BCUT2D eigenvalue weighted by Crippen LogP contribution is 2.63. The highest BCUT2D eigenvalue weighted by Gasteiger charge is 2.67. The van der Waals surface area contributed by atoms with E-state index in [1.165, 1.54) is 4.90 Å². The zero-order chi connectivity index (χ0) is 26.9. The van der Waals surface area contributed by atoms with Gasteiger partial charge >= 0.3 is 0 Å². The molecule has 2 bridgehead atoms. The fourth-order valence-corrected chi connectivity index (χ4v) is 7.07. The Kier molecular flexibility index (Phi) is 5.14. The second-order valence-corrected chi connectivity index (χ2v) is 10.8. The van der Waals surface area contributed by atoms with Crippen LogP contribution in [0.25, 0.3) is 0 Å². The molecule has 39 heavy (non-hydrogen) atoms. The summed E-state index contributed by atoms with van der Waals surface area (Å²) in [6, 6.07) is 29.9. The van der Waals surface area contributed by atoms with Gasteiger partial charge in [-0.05, 0) is 77.6 Å². The molecule has 1 saturated heterocycles. The minimum Gasteiger partial charge on any atom is -0.497 e. The first kappa shape index (κ1) is 23.6. The van der Waals surface area contributed by atoms with E-state index in [-0.39, 0.29) is 17.7 Å². The number of carbonyl (C=O) groups excluding carboxylic acids is 2. The number of nitrogens with zero attached hydrogens (tertiary/aromatic N) is 2. The quantitative estimate of drug-likeness (QED) is 0.239.